The molecule has 1 saturated carbocycles. The molecule has 0 amide bonds. The van der Waals surface area contributed by atoms with Crippen LogP contribution in [0.5, 0.6) is 0 Å². The van der Waals surface area contributed by atoms with Crippen LogP contribution in [0.25, 0.3) is 0 Å². The fourth-order valence-electron chi connectivity index (χ4n) is 3.00. The number of Topliss-reactive ketones (excluding diaryl/α,β-unsaturated/α-hetero) is 1. The monoisotopic (exact) mass is 286 g/mol. The Morgan fingerprint density at radius 1 is 1.00 bits per heavy atom. The number of carbonyl (C=O) groups excluding carboxylic acids is 1. The minimum Gasteiger partial charge on any atom is -0.298 e. The average molecular weight is 287 g/mol. The summed E-state index contributed by atoms with van der Waals surface area (Å²) in [5.41, 5.74) is 0. The first-order valence-corrected chi connectivity index (χ1v) is 9.29. The molecule has 2 fully saturated rings. The second kappa shape index (κ2) is 6.21. The van der Waals surface area contributed by atoms with E-state index in [1.807, 2.05) is 23.5 Å². The summed E-state index contributed by atoms with van der Waals surface area (Å²) < 4.78 is 0. The minimum absolute atomic E-state index is 0.270. The second-order valence-corrected chi connectivity index (χ2v) is 9.23. The molecule has 0 spiro atoms. The average Bonchev–Trinajstić information content (AvgIpc) is 2.35. The summed E-state index contributed by atoms with van der Waals surface area (Å²) in [4.78, 5) is 12.6. The number of carbonyl (C=O) groups is 1. The summed E-state index contributed by atoms with van der Waals surface area (Å²) in [7, 11) is 0. The predicted octanol–water partition coefficient (Wildman–Crippen LogP) is 4.25. The Labute approximate surface area is 120 Å². The van der Waals surface area contributed by atoms with E-state index in [1.54, 1.807) is 0 Å². The van der Waals surface area contributed by atoms with Gasteiger partial charge in [0.05, 0.1) is 5.25 Å². The first-order valence-electron chi connectivity index (χ1n) is 7.29. The fraction of sp³-hybridized carbons (Fsp3) is 0.933. The first-order chi connectivity index (χ1) is 8.49. The lowest BCUT2D eigenvalue weighted by atomic mass is 9.74. The molecule has 1 saturated heterocycles. The van der Waals surface area contributed by atoms with Gasteiger partial charge in [-0.15, -0.1) is 11.8 Å². The molecule has 1 nitrogen and oxygen atoms in total. The third kappa shape index (κ3) is 3.27. The summed E-state index contributed by atoms with van der Waals surface area (Å²) in [5.74, 6) is 3.49. The van der Waals surface area contributed by atoms with Gasteiger partial charge in [0.1, 0.15) is 5.78 Å². The standard InChI is InChI=1S/C15H26OS2/c1-9-5-6-13(7-10(9)2)15(16)14-8-17-11(3)12(4)18-14/h9-14H,5-8H2,1-4H3. The Bertz CT molecular complexity index is 277. The predicted molar refractivity (Wildman–Crippen MR) is 83.4 cm³/mol. The molecule has 0 aromatic rings. The van der Waals surface area contributed by atoms with Gasteiger partial charge in [0, 0.05) is 22.2 Å². The van der Waals surface area contributed by atoms with Gasteiger partial charge in [0.25, 0.3) is 0 Å². The van der Waals surface area contributed by atoms with Crippen LogP contribution in [0, 0.1) is 17.8 Å². The smallest absolute Gasteiger partial charge is 0.149 e. The van der Waals surface area contributed by atoms with Crippen molar-refractivity contribution in [3.05, 3.63) is 0 Å². The van der Waals surface area contributed by atoms with Crippen molar-refractivity contribution in [2.75, 3.05) is 5.75 Å². The summed E-state index contributed by atoms with van der Waals surface area (Å²) in [5, 5.41) is 1.59. The van der Waals surface area contributed by atoms with Crippen molar-refractivity contribution >= 4 is 29.3 Å². The summed E-state index contributed by atoms with van der Waals surface area (Å²) >= 11 is 3.91. The molecule has 1 aliphatic carbocycles. The van der Waals surface area contributed by atoms with Gasteiger partial charge < -0.3 is 0 Å². The molecule has 6 atom stereocenters. The van der Waals surface area contributed by atoms with E-state index in [4.69, 9.17) is 0 Å². The van der Waals surface area contributed by atoms with E-state index >= 15 is 0 Å². The maximum Gasteiger partial charge on any atom is 0.149 e. The van der Waals surface area contributed by atoms with Crippen LogP contribution >= 0.6 is 23.5 Å². The number of rotatable bonds is 2. The lowest BCUT2D eigenvalue weighted by Gasteiger charge is -2.36. The van der Waals surface area contributed by atoms with Crippen molar-refractivity contribution in [2.45, 2.75) is 62.7 Å². The van der Waals surface area contributed by atoms with Crippen molar-refractivity contribution in [3.63, 3.8) is 0 Å². The number of hydrogen-bond donors (Lipinski definition) is 0. The molecule has 104 valence electrons. The van der Waals surface area contributed by atoms with E-state index < -0.39 is 0 Å². The van der Waals surface area contributed by atoms with Gasteiger partial charge in [0.2, 0.25) is 0 Å². The van der Waals surface area contributed by atoms with Crippen LogP contribution in [0.3, 0.4) is 0 Å². The third-order valence-corrected chi connectivity index (χ3v) is 8.28. The van der Waals surface area contributed by atoms with Gasteiger partial charge in [-0.1, -0.05) is 27.7 Å². The fourth-order valence-corrected chi connectivity index (χ4v) is 5.96. The Balaban J connectivity index is 1.91. The topological polar surface area (TPSA) is 17.1 Å². The van der Waals surface area contributed by atoms with E-state index in [1.165, 1.54) is 6.42 Å². The molecular formula is C15H26OS2. The molecule has 2 rings (SSSR count). The van der Waals surface area contributed by atoms with Crippen LogP contribution in [0.4, 0.5) is 0 Å². The highest BCUT2D eigenvalue weighted by molar-refractivity contribution is 8.08. The van der Waals surface area contributed by atoms with Crippen molar-refractivity contribution in [3.8, 4) is 0 Å². The molecule has 3 heteroatoms. The largest absolute Gasteiger partial charge is 0.298 e. The van der Waals surface area contributed by atoms with Crippen LogP contribution < -0.4 is 0 Å². The van der Waals surface area contributed by atoms with Gasteiger partial charge in [0.15, 0.2) is 0 Å². The number of thioether (sulfide) groups is 2. The number of hydrogen-bond acceptors (Lipinski definition) is 3. The first kappa shape index (κ1) is 14.8. The molecule has 0 aromatic heterocycles. The van der Waals surface area contributed by atoms with Crippen molar-refractivity contribution in [1.29, 1.82) is 0 Å². The minimum atomic E-state index is 0.270. The highest BCUT2D eigenvalue weighted by Gasteiger charge is 2.36. The molecule has 0 aromatic carbocycles. The van der Waals surface area contributed by atoms with Crippen LogP contribution in [-0.2, 0) is 4.79 Å². The molecule has 18 heavy (non-hydrogen) atoms. The molecule has 6 unspecified atom stereocenters. The maximum atomic E-state index is 12.6. The van der Waals surface area contributed by atoms with E-state index in [0.717, 1.165) is 30.4 Å². The molecule has 1 heterocycles. The van der Waals surface area contributed by atoms with E-state index in [0.29, 0.717) is 22.2 Å². The lowest BCUT2D eigenvalue weighted by molar-refractivity contribution is -0.123. The van der Waals surface area contributed by atoms with Gasteiger partial charge >= 0.3 is 0 Å². The molecule has 0 N–H and O–H groups in total. The van der Waals surface area contributed by atoms with Crippen molar-refractivity contribution < 1.29 is 4.79 Å². The summed E-state index contributed by atoms with van der Waals surface area (Å²) in [6, 6.07) is 0. The quantitative estimate of drug-likeness (QED) is 0.755. The highest BCUT2D eigenvalue weighted by atomic mass is 32.2. The van der Waals surface area contributed by atoms with Gasteiger partial charge in [-0.3, -0.25) is 4.79 Å². The maximum absolute atomic E-state index is 12.6. The van der Waals surface area contributed by atoms with Crippen LogP contribution in [0.15, 0.2) is 0 Å². The highest BCUT2D eigenvalue weighted by Crippen LogP contribution is 2.40. The Morgan fingerprint density at radius 2 is 1.72 bits per heavy atom. The molecule has 0 radical (unpaired) electrons. The normalized spacial score (nSPS) is 45.8. The number of ketones is 1. The Hall–Kier alpha value is 0.370. The molecular weight excluding hydrogens is 260 g/mol. The van der Waals surface area contributed by atoms with Gasteiger partial charge in [-0.25, -0.2) is 0 Å². The zero-order valence-electron chi connectivity index (χ0n) is 12.0. The Morgan fingerprint density at radius 3 is 2.33 bits per heavy atom. The van der Waals surface area contributed by atoms with Gasteiger partial charge in [-0.2, -0.15) is 11.8 Å². The lowest BCUT2D eigenvalue weighted by Crippen LogP contribution is -2.37. The zero-order chi connectivity index (χ0) is 13.3. The van der Waals surface area contributed by atoms with E-state index in [9.17, 15) is 4.79 Å². The second-order valence-electron chi connectivity index (χ2n) is 6.24. The van der Waals surface area contributed by atoms with E-state index in [-0.39, 0.29) is 5.25 Å². The third-order valence-electron chi connectivity index (χ3n) is 4.87. The molecule has 2 aliphatic rings. The van der Waals surface area contributed by atoms with E-state index in [2.05, 4.69) is 27.7 Å². The zero-order valence-corrected chi connectivity index (χ0v) is 13.7. The van der Waals surface area contributed by atoms with Crippen molar-refractivity contribution in [1.82, 2.24) is 0 Å². The molecule has 0 bridgehead atoms. The van der Waals surface area contributed by atoms with Crippen LogP contribution in [-0.4, -0.2) is 27.3 Å². The molecule has 1 aliphatic heterocycles. The summed E-state index contributed by atoms with van der Waals surface area (Å²) in [6.45, 7) is 9.21. The van der Waals surface area contributed by atoms with Crippen LogP contribution in [0.2, 0.25) is 0 Å². The Kier molecular flexibility index (Phi) is 5.10. The summed E-state index contributed by atoms with van der Waals surface area (Å²) in [6.07, 6.45) is 3.51. The van der Waals surface area contributed by atoms with Crippen LogP contribution in [0.1, 0.15) is 47.0 Å². The SMILES string of the molecule is CC1CCC(C(=O)C2CSC(C)C(C)S2)CC1C. The van der Waals surface area contributed by atoms with Crippen molar-refractivity contribution in [2.24, 2.45) is 17.8 Å². The van der Waals surface area contributed by atoms with Gasteiger partial charge in [-0.05, 0) is 31.1 Å².